The Hall–Kier alpha value is -1.61. The third-order valence-corrected chi connectivity index (χ3v) is 3.68. The van der Waals surface area contributed by atoms with Crippen LogP contribution >= 0.6 is 0 Å². The van der Waals surface area contributed by atoms with Gasteiger partial charge in [-0.25, -0.2) is 0 Å². The van der Waals surface area contributed by atoms with Gasteiger partial charge in [0.1, 0.15) is 0 Å². The monoisotopic (exact) mass is 257 g/mol. The molecule has 0 amide bonds. The quantitative estimate of drug-likeness (QED) is 0.892. The van der Waals surface area contributed by atoms with Crippen molar-refractivity contribution in [3.63, 3.8) is 0 Å². The first-order chi connectivity index (χ1) is 9.15. The molecule has 0 bridgehead atoms. The highest BCUT2D eigenvalue weighted by atomic mass is 15.3. The van der Waals surface area contributed by atoms with Crippen molar-refractivity contribution in [1.82, 2.24) is 15.1 Å². The predicted molar refractivity (Wildman–Crippen MR) is 79.3 cm³/mol. The van der Waals surface area contributed by atoms with E-state index in [4.69, 9.17) is 0 Å². The number of hydrogen-bond donors (Lipinski definition) is 1. The van der Waals surface area contributed by atoms with Crippen molar-refractivity contribution in [3.05, 3.63) is 52.8 Å². The zero-order chi connectivity index (χ0) is 13.8. The fourth-order valence-corrected chi connectivity index (χ4v) is 2.55. The standard InChI is InChI=1S/C16H23N3/c1-5-15-14(11-19(4)18-15)16(17-3)10-13-9-7-6-8-12(13)2/h6-9,11,16-17H,5,10H2,1-4H3. The lowest BCUT2D eigenvalue weighted by atomic mass is 9.96. The summed E-state index contributed by atoms with van der Waals surface area (Å²) in [5.41, 5.74) is 5.25. The molecule has 0 spiro atoms. The van der Waals surface area contributed by atoms with Crippen LogP contribution in [0, 0.1) is 6.92 Å². The van der Waals surface area contributed by atoms with Crippen LogP contribution in [0.4, 0.5) is 0 Å². The van der Waals surface area contributed by atoms with Gasteiger partial charge in [-0.3, -0.25) is 4.68 Å². The summed E-state index contributed by atoms with van der Waals surface area (Å²) in [7, 11) is 4.01. The van der Waals surface area contributed by atoms with Crippen LogP contribution in [0.1, 0.15) is 35.3 Å². The minimum atomic E-state index is 0.324. The molecule has 0 aliphatic rings. The van der Waals surface area contributed by atoms with Gasteiger partial charge in [-0.2, -0.15) is 5.10 Å². The van der Waals surface area contributed by atoms with Gasteiger partial charge < -0.3 is 5.32 Å². The van der Waals surface area contributed by atoms with Crippen molar-refractivity contribution < 1.29 is 0 Å². The summed E-state index contributed by atoms with van der Waals surface area (Å²) in [5.74, 6) is 0. The Morgan fingerprint density at radius 1 is 1.32 bits per heavy atom. The number of aryl methyl sites for hydroxylation is 3. The van der Waals surface area contributed by atoms with Crippen LogP contribution in [0.5, 0.6) is 0 Å². The fraction of sp³-hybridized carbons (Fsp3) is 0.438. The minimum Gasteiger partial charge on any atom is -0.313 e. The predicted octanol–water partition coefficient (Wildman–Crippen LogP) is 2.79. The van der Waals surface area contributed by atoms with Crippen molar-refractivity contribution in [2.24, 2.45) is 7.05 Å². The second kappa shape index (κ2) is 6.02. The van der Waals surface area contributed by atoms with Crippen LogP contribution in [0.3, 0.4) is 0 Å². The molecule has 2 rings (SSSR count). The third-order valence-electron chi connectivity index (χ3n) is 3.68. The number of nitrogens with one attached hydrogen (secondary N) is 1. The summed E-state index contributed by atoms with van der Waals surface area (Å²) in [6, 6.07) is 8.91. The molecule has 3 nitrogen and oxygen atoms in total. The molecule has 1 heterocycles. The maximum absolute atomic E-state index is 4.54. The van der Waals surface area contributed by atoms with E-state index in [1.807, 2.05) is 18.8 Å². The van der Waals surface area contributed by atoms with Gasteiger partial charge in [-0.15, -0.1) is 0 Å². The largest absolute Gasteiger partial charge is 0.313 e. The lowest BCUT2D eigenvalue weighted by Crippen LogP contribution is -2.20. The van der Waals surface area contributed by atoms with Crippen molar-refractivity contribution in [1.29, 1.82) is 0 Å². The average Bonchev–Trinajstić information content (AvgIpc) is 2.79. The molecule has 2 aromatic rings. The highest BCUT2D eigenvalue weighted by molar-refractivity contribution is 5.30. The molecular weight excluding hydrogens is 234 g/mol. The molecule has 0 saturated carbocycles. The average molecular weight is 257 g/mol. The first-order valence-corrected chi connectivity index (χ1v) is 6.89. The van der Waals surface area contributed by atoms with E-state index >= 15 is 0 Å². The van der Waals surface area contributed by atoms with Gasteiger partial charge in [0, 0.05) is 24.8 Å². The van der Waals surface area contributed by atoms with E-state index in [1.165, 1.54) is 22.4 Å². The molecule has 102 valence electrons. The minimum absolute atomic E-state index is 0.324. The van der Waals surface area contributed by atoms with Gasteiger partial charge in [0.15, 0.2) is 0 Å². The maximum Gasteiger partial charge on any atom is 0.0669 e. The molecule has 19 heavy (non-hydrogen) atoms. The van der Waals surface area contributed by atoms with Crippen LogP contribution in [-0.2, 0) is 19.9 Å². The third kappa shape index (κ3) is 3.04. The van der Waals surface area contributed by atoms with Crippen LogP contribution in [-0.4, -0.2) is 16.8 Å². The summed E-state index contributed by atoms with van der Waals surface area (Å²) < 4.78 is 1.91. The first kappa shape index (κ1) is 13.8. The zero-order valence-corrected chi connectivity index (χ0v) is 12.3. The normalized spacial score (nSPS) is 12.6. The Bertz CT molecular complexity index is 543. The molecule has 1 aromatic heterocycles. The Kier molecular flexibility index (Phi) is 4.38. The van der Waals surface area contributed by atoms with Gasteiger partial charge in [-0.1, -0.05) is 31.2 Å². The van der Waals surface area contributed by atoms with Crippen LogP contribution in [0.25, 0.3) is 0 Å². The summed E-state index contributed by atoms with van der Waals surface area (Å²) in [6.45, 7) is 4.33. The van der Waals surface area contributed by atoms with Gasteiger partial charge in [0.2, 0.25) is 0 Å². The van der Waals surface area contributed by atoms with Crippen molar-refractivity contribution >= 4 is 0 Å². The molecule has 3 heteroatoms. The Morgan fingerprint density at radius 2 is 2.05 bits per heavy atom. The lowest BCUT2D eigenvalue weighted by Gasteiger charge is -2.17. The van der Waals surface area contributed by atoms with E-state index in [9.17, 15) is 0 Å². The molecule has 1 atom stereocenters. The van der Waals surface area contributed by atoms with Crippen LogP contribution < -0.4 is 5.32 Å². The van der Waals surface area contributed by atoms with Crippen LogP contribution in [0.15, 0.2) is 30.5 Å². The highest BCUT2D eigenvalue weighted by Gasteiger charge is 2.17. The number of nitrogens with zero attached hydrogens (tertiary/aromatic N) is 2. The molecular formula is C16H23N3. The molecule has 0 aliphatic heterocycles. The smallest absolute Gasteiger partial charge is 0.0669 e. The van der Waals surface area contributed by atoms with Crippen LogP contribution in [0.2, 0.25) is 0 Å². The Balaban J connectivity index is 2.27. The van der Waals surface area contributed by atoms with Gasteiger partial charge in [0.25, 0.3) is 0 Å². The van der Waals surface area contributed by atoms with Gasteiger partial charge >= 0.3 is 0 Å². The van der Waals surface area contributed by atoms with Gasteiger partial charge in [-0.05, 0) is 37.9 Å². The van der Waals surface area contributed by atoms with E-state index in [-0.39, 0.29) is 0 Å². The number of hydrogen-bond acceptors (Lipinski definition) is 2. The summed E-state index contributed by atoms with van der Waals surface area (Å²) in [5, 5.41) is 7.97. The topological polar surface area (TPSA) is 29.9 Å². The number of likely N-dealkylation sites (N-methyl/N-ethyl adjacent to an activating group) is 1. The SMILES string of the molecule is CCc1nn(C)cc1C(Cc1ccccc1C)NC. The van der Waals surface area contributed by atoms with Gasteiger partial charge in [0.05, 0.1) is 5.69 Å². The van der Waals surface area contributed by atoms with E-state index in [1.54, 1.807) is 0 Å². The zero-order valence-electron chi connectivity index (χ0n) is 12.3. The fourth-order valence-electron chi connectivity index (χ4n) is 2.55. The second-order valence-corrected chi connectivity index (χ2v) is 5.03. The van der Waals surface area contributed by atoms with E-state index < -0.39 is 0 Å². The van der Waals surface area contributed by atoms with Crippen molar-refractivity contribution in [2.45, 2.75) is 32.7 Å². The number of aromatic nitrogens is 2. The maximum atomic E-state index is 4.54. The second-order valence-electron chi connectivity index (χ2n) is 5.03. The Labute approximate surface area is 115 Å². The molecule has 0 aliphatic carbocycles. The first-order valence-electron chi connectivity index (χ1n) is 6.89. The van der Waals surface area contributed by atoms with E-state index in [0.29, 0.717) is 6.04 Å². The lowest BCUT2D eigenvalue weighted by molar-refractivity contribution is 0.585. The number of rotatable bonds is 5. The molecule has 0 fully saturated rings. The Morgan fingerprint density at radius 3 is 2.68 bits per heavy atom. The summed E-state index contributed by atoms with van der Waals surface area (Å²) in [6.07, 6.45) is 4.11. The summed E-state index contributed by atoms with van der Waals surface area (Å²) in [4.78, 5) is 0. The molecule has 0 saturated heterocycles. The molecule has 1 aromatic carbocycles. The molecule has 1 unspecified atom stereocenters. The highest BCUT2D eigenvalue weighted by Crippen LogP contribution is 2.23. The molecule has 0 radical (unpaired) electrons. The number of benzene rings is 1. The van der Waals surface area contributed by atoms with Crippen molar-refractivity contribution in [2.75, 3.05) is 7.05 Å². The van der Waals surface area contributed by atoms with E-state index in [2.05, 4.69) is 54.7 Å². The molecule has 1 N–H and O–H groups in total. The van der Waals surface area contributed by atoms with E-state index in [0.717, 1.165) is 12.8 Å². The summed E-state index contributed by atoms with van der Waals surface area (Å²) >= 11 is 0. The van der Waals surface area contributed by atoms with Crippen molar-refractivity contribution in [3.8, 4) is 0 Å².